The fourth-order valence-corrected chi connectivity index (χ4v) is 5.21. The van der Waals surface area contributed by atoms with Crippen molar-refractivity contribution in [3.8, 4) is 0 Å². The van der Waals surface area contributed by atoms with Gasteiger partial charge >= 0.3 is 6.03 Å². The van der Waals surface area contributed by atoms with Crippen molar-refractivity contribution in [1.82, 2.24) is 4.90 Å². The number of hydrogen-bond acceptors (Lipinski definition) is 2. The Morgan fingerprint density at radius 2 is 1.45 bits per heavy atom. The number of thioether (sulfide) groups is 1. The summed E-state index contributed by atoms with van der Waals surface area (Å²) >= 11 is 8.30. The minimum atomic E-state index is 0.0165. The molecule has 1 aliphatic rings. The molecule has 1 atom stereocenters. The topological polar surface area (TPSA) is 23.6 Å². The van der Waals surface area contributed by atoms with Gasteiger partial charge in [-0.1, -0.05) is 66.2 Å². The molecule has 5 heteroatoms. The van der Waals surface area contributed by atoms with E-state index in [1.807, 2.05) is 95.5 Å². The molecule has 0 radical (unpaired) electrons. The summed E-state index contributed by atoms with van der Waals surface area (Å²) in [5, 5.41) is 1.11. The van der Waals surface area contributed by atoms with Crippen molar-refractivity contribution < 1.29 is 4.79 Å². The summed E-state index contributed by atoms with van der Waals surface area (Å²) in [7, 11) is 0. The summed E-state index contributed by atoms with van der Waals surface area (Å²) in [5.74, 6) is 0.888. The van der Waals surface area contributed by atoms with Gasteiger partial charge in [-0.25, -0.2) is 4.79 Å². The molecule has 1 aliphatic heterocycles. The molecule has 0 spiro atoms. The van der Waals surface area contributed by atoms with Gasteiger partial charge in [-0.05, 0) is 42.3 Å². The van der Waals surface area contributed by atoms with Gasteiger partial charge in [-0.15, -0.1) is 0 Å². The minimum absolute atomic E-state index is 0.0165. The second-order valence-electron chi connectivity index (χ2n) is 6.95. The molecule has 1 saturated heterocycles. The van der Waals surface area contributed by atoms with Crippen molar-refractivity contribution in [1.29, 1.82) is 0 Å². The average Bonchev–Trinajstić information content (AvgIpc) is 3.02. The van der Waals surface area contributed by atoms with Gasteiger partial charge < -0.3 is 4.90 Å². The summed E-state index contributed by atoms with van der Waals surface area (Å²) in [6, 6.07) is 27.7. The lowest BCUT2D eigenvalue weighted by atomic mass is 10.1. The first-order valence-electron chi connectivity index (χ1n) is 9.79. The first kappa shape index (κ1) is 19.9. The maximum Gasteiger partial charge on any atom is 0.329 e. The molecule has 148 valence electrons. The Hall–Kier alpha value is -2.43. The molecule has 1 heterocycles. The highest BCUT2D eigenvalue weighted by molar-refractivity contribution is 7.99. The number of carbonyl (C=O) groups excluding carboxylic acids is 1. The van der Waals surface area contributed by atoms with Crippen LogP contribution in [0.2, 0.25) is 5.02 Å². The number of rotatable bonds is 3. The van der Waals surface area contributed by atoms with Crippen LogP contribution in [0.15, 0.2) is 84.9 Å². The number of urea groups is 1. The highest BCUT2D eigenvalue weighted by atomic mass is 35.5. The van der Waals surface area contributed by atoms with Crippen molar-refractivity contribution in [2.24, 2.45) is 0 Å². The second-order valence-corrected chi connectivity index (χ2v) is 8.66. The van der Waals surface area contributed by atoms with E-state index in [-0.39, 0.29) is 6.03 Å². The Morgan fingerprint density at radius 3 is 2.07 bits per heavy atom. The number of halogens is 1. The first-order chi connectivity index (χ1) is 14.2. The molecule has 0 N–H and O–H groups in total. The molecule has 0 aromatic heterocycles. The highest BCUT2D eigenvalue weighted by Gasteiger charge is 2.27. The van der Waals surface area contributed by atoms with Gasteiger partial charge in [0.2, 0.25) is 0 Å². The highest BCUT2D eigenvalue weighted by Crippen LogP contribution is 2.38. The van der Waals surface area contributed by atoms with Crippen LogP contribution in [0, 0.1) is 0 Å². The van der Waals surface area contributed by atoms with Crippen LogP contribution in [-0.4, -0.2) is 29.8 Å². The van der Waals surface area contributed by atoms with E-state index in [0.717, 1.165) is 40.7 Å². The third kappa shape index (κ3) is 4.60. The predicted octanol–water partition coefficient (Wildman–Crippen LogP) is 6.78. The molecule has 2 amide bonds. The third-order valence-electron chi connectivity index (χ3n) is 5.08. The van der Waals surface area contributed by atoms with E-state index in [1.165, 1.54) is 0 Å². The quantitative estimate of drug-likeness (QED) is 0.464. The molecule has 4 rings (SSSR count). The molecule has 3 aromatic carbocycles. The zero-order chi connectivity index (χ0) is 20.1. The Labute approximate surface area is 181 Å². The third-order valence-corrected chi connectivity index (χ3v) is 6.74. The summed E-state index contributed by atoms with van der Waals surface area (Å²) in [5.41, 5.74) is 2.92. The lowest BCUT2D eigenvalue weighted by Gasteiger charge is -2.30. The van der Waals surface area contributed by atoms with Gasteiger partial charge in [0, 0.05) is 29.1 Å². The zero-order valence-corrected chi connectivity index (χ0v) is 17.6. The number of nitrogens with zero attached hydrogens (tertiary/aromatic N) is 2. The molecule has 0 saturated carbocycles. The van der Waals surface area contributed by atoms with Crippen LogP contribution in [0.25, 0.3) is 0 Å². The summed E-state index contributed by atoms with van der Waals surface area (Å²) < 4.78 is 0. The van der Waals surface area contributed by atoms with Crippen LogP contribution >= 0.6 is 23.4 Å². The molecule has 1 unspecified atom stereocenters. The minimum Gasteiger partial charge on any atom is -0.323 e. The molecule has 1 fully saturated rings. The maximum atomic E-state index is 13.6. The van der Waals surface area contributed by atoms with E-state index in [1.54, 1.807) is 4.90 Å². The number of amides is 2. The van der Waals surface area contributed by atoms with Crippen LogP contribution < -0.4 is 4.90 Å². The van der Waals surface area contributed by atoms with E-state index < -0.39 is 0 Å². The zero-order valence-electron chi connectivity index (χ0n) is 16.1. The van der Waals surface area contributed by atoms with Gasteiger partial charge in [0.25, 0.3) is 0 Å². The number of para-hydroxylation sites is 2. The van der Waals surface area contributed by atoms with E-state index >= 15 is 0 Å². The number of hydrogen-bond donors (Lipinski definition) is 0. The number of anilines is 2. The Balaban J connectivity index is 1.56. The fourth-order valence-electron chi connectivity index (χ4n) is 3.61. The van der Waals surface area contributed by atoms with E-state index in [4.69, 9.17) is 11.6 Å². The lowest BCUT2D eigenvalue weighted by Crippen LogP contribution is -2.42. The molecule has 0 aliphatic carbocycles. The monoisotopic (exact) mass is 422 g/mol. The van der Waals surface area contributed by atoms with Gasteiger partial charge in [0.05, 0.1) is 11.4 Å². The summed E-state index contributed by atoms with van der Waals surface area (Å²) in [4.78, 5) is 17.3. The summed E-state index contributed by atoms with van der Waals surface area (Å²) in [6.45, 7) is 1.43. The molecule has 29 heavy (non-hydrogen) atoms. The van der Waals surface area contributed by atoms with Crippen molar-refractivity contribution in [2.75, 3.05) is 23.7 Å². The SMILES string of the molecule is O=C(N1CCSC(c2ccccc2Cl)CC1)N(c1ccccc1)c1ccccc1. The van der Waals surface area contributed by atoms with Crippen LogP contribution in [0.1, 0.15) is 17.2 Å². The average molecular weight is 423 g/mol. The molecule has 3 nitrogen and oxygen atoms in total. The number of benzene rings is 3. The Bertz CT molecular complexity index is 912. The maximum absolute atomic E-state index is 13.6. The van der Waals surface area contributed by atoms with E-state index in [9.17, 15) is 4.79 Å². The predicted molar refractivity (Wildman–Crippen MR) is 123 cm³/mol. The smallest absolute Gasteiger partial charge is 0.323 e. The normalized spacial score (nSPS) is 16.9. The van der Waals surface area contributed by atoms with Crippen LogP contribution in [0.4, 0.5) is 16.2 Å². The fraction of sp³-hybridized carbons (Fsp3) is 0.208. The van der Waals surface area contributed by atoms with E-state index in [0.29, 0.717) is 11.8 Å². The standard InChI is InChI=1S/C24H23ClN2OS/c25-22-14-8-7-13-21(22)23-15-16-26(17-18-29-23)24(28)27(19-9-3-1-4-10-19)20-11-5-2-6-12-20/h1-14,23H,15-18H2. The Morgan fingerprint density at radius 1 is 0.862 bits per heavy atom. The van der Waals surface area contributed by atoms with Crippen molar-refractivity contribution in [3.05, 3.63) is 95.5 Å². The van der Waals surface area contributed by atoms with Crippen molar-refractivity contribution in [2.45, 2.75) is 11.7 Å². The van der Waals surface area contributed by atoms with Gasteiger partial charge in [-0.2, -0.15) is 11.8 Å². The Kier molecular flexibility index (Phi) is 6.43. The number of carbonyl (C=O) groups is 1. The van der Waals surface area contributed by atoms with Gasteiger partial charge in [-0.3, -0.25) is 4.90 Å². The molecular weight excluding hydrogens is 400 g/mol. The van der Waals surface area contributed by atoms with Crippen molar-refractivity contribution in [3.63, 3.8) is 0 Å². The van der Waals surface area contributed by atoms with Gasteiger partial charge in [0.1, 0.15) is 0 Å². The second kappa shape index (κ2) is 9.38. The molecule has 0 bridgehead atoms. The van der Waals surface area contributed by atoms with Crippen LogP contribution in [0.3, 0.4) is 0 Å². The lowest BCUT2D eigenvalue weighted by molar-refractivity contribution is 0.210. The first-order valence-corrected chi connectivity index (χ1v) is 11.2. The van der Waals surface area contributed by atoms with Crippen LogP contribution in [0.5, 0.6) is 0 Å². The van der Waals surface area contributed by atoms with Gasteiger partial charge in [0.15, 0.2) is 0 Å². The summed E-state index contributed by atoms with van der Waals surface area (Å²) in [6.07, 6.45) is 0.886. The van der Waals surface area contributed by atoms with Crippen molar-refractivity contribution >= 4 is 40.8 Å². The largest absolute Gasteiger partial charge is 0.329 e. The van der Waals surface area contributed by atoms with E-state index in [2.05, 4.69) is 6.07 Å². The van der Waals surface area contributed by atoms with Crippen LogP contribution in [-0.2, 0) is 0 Å². The molecular formula is C24H23ClN2OS. The molecule has 3 aromatic rings.